The fourth-order valence-corrected chi connectivity index (χ4v) is 3.40. The Morgan fingerprint density at radius 2 is 1.84 bits per heavy atom. The normalized spacial score (nSPS) is 14.9. The molecule has 0 saturated carbocycles. The van der Waals surface area contributed by atoms with Crippen LogP contribution < -0.4 is 15.0 Å². The highest BCUT2D eigenvalue weighted by Crippen LogP contribution is 2.26. The lowest BCUT2D eigenvalue weighted by molar-refractivity contribution is -0.122. The van der Waals surface area contributed by atoms with Gasteiger partial charge in [0.05, 0.1) is 5.69 Å². The summed E-state index contributed by atoms with van der Waals surface area (Å²) in [6.45, 7) is 7.60. The second-order valence-electron chi connectivity index (χ2n) is 7.16. The summed E-state index contributed by atoms with van der Waals surface area (Å²) in [6.07, 6.45) is 8.95. The Kier molecular flexibility index (Phi) is 6.37. The van der Waals surface area contributed by atoms with Gasteiger partial charge in [0.2, 0.25) is 0 Å². The number of rotatable bonds is 6. The van der Waals surface area contributed by atoms with E-state index in [9.17, 15) is 14.4 Å². The maximum atomic E-state index is 13.1. The van der Waals surface area contributed by atoms with Gasteiger partial charge >= 0.3 is 6.03 Å². The summed E-state index contributed by atoms with van der Waals surface area (Å²) >= 11 is 0. The Morgan fingerprint density at radius 3 is 2.48 bits per heavy atom. The number of aryl methyl sites for hydroxylation is 2. The number of allylic oxidation sites excluding steroid dienone is 1. The molecule has 4 amide bonds. The molecular formula is C25H22N2O4. The number of carbonyl (C=O) groups excluding carboxylic acids is 3. The van der Waals surface area contributed by atoms with Crippen molar-refractivity contribution in [1.29, 1.82) is 0 Å². The predicted octanol–water partition coefficient (Wildman–Crippen LogP) is 3.71. The van der Waals surface area contributed by atoms with E-state index >= 15 is 0 Å². The molecule has 0 radical (unpaired) electrons. The second kappa shape index (κ2) is 9.14. The number of urea groups is 1. The van der Waals surface area contributed by atoms with Gasteiger partial charge in [-0.15, -0.1) is 13.0 Å². The van der Waals surface area contributed by atoms with E-state index in [0.29, 0.717) is 23.4 Å². The number of imide groups is 2. The van der Waals surface area contributed by atoms with Crippen LogP contribution in [0.2, 0.25) is 0 Å². The molecule has 1 fully saturated rings. The highest BCUT2D eigenvalue weighted by molar-refractivity contribution is 6.39. The SMILES string of the molecule is C#CCOc1ccc(/C=C2\C(=O)NC(=O)N(c3cc(C)cc(C)c3)C2=O)cc1CC=C. The van der Waals surface area contributed by atoms with Crippen molar-refractivity contribution >= 4 is 29.6 Å². The molecule has 156 valence electrons. The molecule has 0 bridgehead atoms. The Hall–Kier alpha value is -4.11. The van der Waals surface area contributed by atoms with Crippen LogP contribution in [0.25, 0.3) is 6.08 Å². The average molecular weight is 414 g/mol. The third-order valence-electron chi connectivity index (χ3n) is 4.64. The molecule has 1 heterocycles. The van der Waals surface area contributed by atoms with E-state index in [1.165, 1.54) is 6.08 Å². The molecule has 1 N–H and O–H groups in total. The monoisotopic (exact) mass is 414 g/mol. The minimum Gasteiger partial charge on any atom is -0.481 e. The van der Waals surface area contributed by atoms with Crippen molar-refractivity contribution in [2.45, 2.75) is 20.3 Å². The largest absolute Gasteiger partial charge is 0.481 e. The Bertz CT molecular complexity index is 1130. The third-order valence-corrected chi connectivity index (χ3v) is 4.64. The summed E-state index contributed by atoms with van der Waals surface area (Å²) in [5, 5.41) is 2.24. The lowest BCUT2D eigenvalue weighted by Crippen LogP contribution is -2.54. The molecule has 0 aliphatic carbocycles. The molecule has 3 rings (SSSR count). The third kappa shape index (κ3) is 4.73. The minimum absolute atomic E-state index is 0.123. The Labute approximate surface area is 181 Å². The van der Waals surface area contributed by atoms with Crippen molar-refractivity contribution in [1.82, 2.24) is 5.32 Å². The molecule has 1 aliphatic heterocycles. The number of terminal acetylenes is 1. The van der Waals surface area contributed by atoms with E-state index in [2.05, 4.69) is 17.8 Å². The van der Waals surface area contributed by atoms with Gasteiger partial charge in [-0.3, -0.25) is 14.9 Å². The van der Waals surface area contributed by atoms with Gasteiger partial charge in [-0.25, -0.2) is 9.69 Å². The van der Waals surface area contributed by atoms with Crippen LogP contribution >= 0.6 is 0 Å². The van der Waals surface area contributed by atoms with E-state index in [1.807, 2.05) is 19.9 Å². The standard InChI is InChI=1S/C25H22N2O4/c1-5-7-19-14-18(8-9-22(19)31-10-6-2)15-21-23(28)26-25(30)27(24(21)29)20-12-16(3)11-17(4)13-20/h2,5,8-9,11-15H,1,7,10H2,3-4H3,(H,26,28,30)/b21-15+. The summed E-state index contributed by atoms with van der Waals surface area (Å²) < 4.78 is 5.53. The van der Waals surface area contributed by atoms with Crippen LogP contribution in [0.3, 0.4) is 0 Å². The van der Waals surface area contributed by atoms with Crippen LogP contribution in [-0.4, -0.2) is 24.5 Å². The molecule has 1 aliphatic rings. The van der Waals surface area contributed by atoms with Crippen molar-refractivity contribution in [3.05, 3.63) is 76.9 Å². The molecule has 6 nitrogen and oxygen atoms in total. The highest BCUT2D eigenvalue weighted by Gasteiger charge is 2.37. The van der Waals surface area contributed by atoms with E-state index < -0.39 is 17.8 Å². The maximum Gasteiger partial charge on any atom is 0.335 e. The molecule has 1 saturated heterocycles. The summed E-state index contributed by atoms with van der Waals surface area (Å²) in [5.41, 5.74) is 3.48. The summed E-state index contributed by atoms with van der Waals surface area (Å²) in [7, 11) is 0. The summed E-state index contributed by atoms with van der Waals surface area (Å²) in [4.78, 5) is 38.9. The van der Waals surface area contributed by atoms with Crippen LogP contribution in [-0.2, 0) is 16.0 Å². The number of nitrogens with zero attached hydrogens (tertiary/aromatic N) is 1. The van der Waals surface area contributed by atoms with Crippen molar-refractivity contribution in [3.8, 4) is 18.1 Å². The highest BCUT2D eigenvalue weighted by atomic mass is 16.5. The van der Waals surface area contributed by atoms with Crippen LogP contribution in [0.1, 0.15) is 22.3 Å². The van der Waals surface area contributed by atoms with Gasteiger partial charge in [0, 0.05) is 0 Å². The maximum absolute atomic E-state index is 13.1. The predicted molar refractivity (Wildman–Crippen MR) is 120 cm³/mol. The zero-order chi connectivity index (χ0) is 22.5. The molecule has 0 aromatic heterocycles. The molecule has 2 aromatic carbocycles. The van der Waals surface area contributed by atoms with Crippen LogP contribution in [0.4, 0.5) is 10.5 Å². The van der Waals surface area contributed by atoms with Gasteiger partial charge in [-0.1, -0.05) is 24.1 Å². The zero-order valence-electron chi connectivity index (χ0n) is 17.4. The fourth-order valence-electron chi connectivity index (χ4n) is 3.40. The van der Waals surface area contributed by atoms with E-state index in [1.54, 1.807) is 36.4 Å². The lowest BCUT2D eigenvalue weighted by Gasteiger charge is -2.27. The van der Waals surface area contributed by atoms with Gasteiger partial charge < -0.3 is 4.74 Å². The topological polar surface area (TPSA) is 75.7 Å². The van der Waals surface area contributed by atoms with Crippen molar-refractivity contribution in [2.24, 2.45) is 0 Å². The number of ether oxygens (including phenoxy) is 1. The van der Waals surface area contributed by atoms with Gasteiger partial charge in [-0.05, 0) is 72.9 Å². The minimum atomic E-state index is -0.775. The molecule has 6 heteroatoms. The number of nitrogens with one attached hydrogen (secondary N) is 1. The van der Waals surface area contributed by atoms with Crippen LogP contribution in [0, 0.1) is 26.2 Å². The van der Waals surface area contributed by atoms with Crippen molar-refractivity contribution < 1.29 is 19.1 Å². The molecular weight excluding hydrogens is 392 g/mol. The molecule has 0 spiro atoms. The number of anilines is 1. The summed E-state index contributed by atoms with van der Waals surface area (Å²) in [6, 6.07) is 9.82. The summed E-state index contributed by atoms with van der Waals surface area (Å²) in [5.74, 6) is 1.59. The number of carbonyl (C=O) groups is 3. The van der Waals surface area contributed by atoms with E-state index in [-0.39, 0.29) is 12.2 Å². The second-order valence-corrected chi connectivity index (χ2v) is 7.16. The number of hydrogen-bond donors (Lipinski definition) is 1. The van der Waals surface area contributed by atoms with Gasteiger partial charge in [0.25, 0.3) is 11.8 Å². The van der Waals surface area contributed by atoms with E-state index in [0.717, 1.165) is 21.6 Å². The quantitative estimate of drug-likeness (QED) is 0.338. The van der Waals surface area contributed by atoms with Gasteiger partial charge in [0.1, 0.15) is 17.9 Å². The first-order valence-corrected chi connectivity index (χ1v) is 9.64. The molecule has 2 aromatic rings. The van der Waals surface area contributed by atoms with E-state index in [4.69, 9.17) is 11.2 Å². The molecule has 0 unspecified atom stereocenters. The van der Waals surface area contributed by atoms with Crippen molar-refractivity contribution in [3.63, 3.8) is 0 Å². The molecule has 0 atom stereocenters. The van der Waals surface area contributed by atoms with Gasteiger partial charge in [0.15, 0.2) is 0 Å². The molecule has 31 heavy (non-hydrogen) atoms. The van der Waals surface area contributed by atoms with Crippen molar-refractivity contribution in [2.75, 3.05) is 11.5 Å². The van der Waals surface area contributed by atoms with Crippen LogP contribution in [0.15, 0.2) is 54.6 Å². The zero-order valence-corrected chi connectivity index (χ0v) is 17.4. The number of hydrogen-bond acceptors (Lipinski definition) is 4. The Balaban J connectivity index is 2.00. The number of amides is 4. The van der Waals surface area contributed by atoms with Crippen LogP contribution in [0.5, 0.6) is 5.75 Å². The first kappa shape index (κ1) is 21.6. The Morgan fingerprint density at radius 1 is 1.13 bits per heavy atom. The average Bonchev–Trinajstić information content (AvgIpc) is 2.70. The fraction of sp³-hybridized carbons (Fsp3) is 0.160. The first-order valence-electron chi connectivity index (χ1n) is 9.64. The first-order chi connectivity index (χ1) is 14.8. The number of benzene rings is 2. The number of barbiturate groups is 1. The lowest BCUT2D eigenvalue weighted by atomic mass is 10.0. The smallest absolute Gasteiger partial charge is 0.335 e. The van der Waals surface area contributed by atoms with Gasteiger partial charge in [-0.2, -0.15) is 0 Å².